The Morgan fingerprint density at radius 2 is 1.93 bits per heavy atom. The molecule has 0 saturated carbocycles. The summed E-state index contributed by atoms with van der Waals surface area (Å²) >= 11 is 0. The maximum absolute atomic E-state index is 11.5. The zero-order chi connectivity index (χ0) is 11.8. The molecule has 85 valence electrons. The van der Waals surface area contributed by atoms with Crippen molar-refractivity contribution in [2.75, 3.05) is 12.8 Å². The second-order valence-electron chi connectivity index (χ2n) is 3.36. The second-order valence-corrected chi connectivity index (χ2v) is 5.39. The van der Waals surface area contributed by atoms with Gasteiger partial charge in [0.1, 0.15) is 6.04 Å². The summed E-state index contributed by atoms with van der Waals surface area (Å²) < 4.78 is 23.9. The number of nitrogens with zero attached hydrogens (tertiary/aromatic N) is 1. The van der Waals surface area contributed by atoms with Crippen LogP contribution in [0.1, 0.15) is 6.42 Å². The Morgan fingerprint density at radius 3 is 2.33 bits per heavy atom. The zero-order valence-electron chi connectivity index (χ0n) is 8.13. The van der Waals surface area contributed by atoms with Crippen LogP contribution in [0.3, 0.4) is 0 Å². The molecule has 1 atom stereocenters. The minimum absolute atomic E-state index is 0.0110. The van der Waals surface area contributed by atoms with E-state index >= 15 is 0 Å². The largest absolute Gasteiger partial charge is 0.369 e. The highest BCUT2D eigenvalue weighted by atomic mass is 32.2. The summed E-state index contributed by atoms with van der Waals surface area (Å²) in [5.74, 6) is -2.03. The molecule has 2 amide bonds. The van der Waals surface area contributed by atoms with Crippen LogP contribution in [-0.4, -0.2) is 43.4 Å². The zero-order valence-corrected chi connectivity index (χ0v) is 8.95. The third-order valence-electron chi connectivity index (χ3n) is 2.35. The number of hydrogen-bond donors (Lipinski definition) is 2. The van der Waals surface area contributed by atoms with Crippen LogP contribution in [0.15, 0.2) is 0 Å². The van der Waals surface area contributed by atoms with Gasteiger partial charge in [0.25, 0.3) is 0 Å². The van der Waals surface area contributed by atoms with Crippen LogP contribution in [-0.2, 0) is 19.6 Å². The van der Waals surface area contributed by atoms with Crippen molar-refractivity contribution < 1.29 is 18.0 Å². The molecule has 1 radical (unpaired) electrons. The molecule has 0 spiro atoms. The average Bonchev–Trinajstić information content (AvgIpc) is 2.08. The Kier molecular flexibility index (Phi) is 3.00. The highest BCUT2D eigenvalue weighted by Gasteiger charge is 2.41. The summed E-state index contributed by atoms with van der Waals surface area (Å²) in [4.78, 5) is 21.8. The van der Waals surface area contributed by atoms with Gasteiger partial charge in [0.15, 0.2) is 0 Å². The van der Waals surface area contributed by atoms with Gasteiger partial charge in [0, 0.05) is 7.05 Å². The van der Waals surface area contributed by atoms with Crippen LogP contribution in [0.5, 0.6) is 0 Å². The number of nitrogens with two attached hydrogens (primary N) is 2. The predicted octanol–water partition coefficient (Wildman–Crippen LogP) is -2.43. The Bertz CT molecular complexity index is 391. The van der Waals surface area contributed by atoms with E-state index in [0.717, 1.165) is 4.31 Å². The van der Waals surface area contributed by atoms with E-state index in [0.29, 0.717) is 0 Å². The standard InChI is InChI=1S/C7H12N3O4S/c1-10-5(7(9)12)2-4(6(8)11)3-15(10,13)14/h5H,2-3H2,1H3,(H2,8,11)(H2,9,12). The molecule has 1 fully saturated rings. The summed E-state index contributed by atoms with van der Waals surface area (Å²) in [6, 6.07) is -1.02. The number of hydrogen-bond acceptors (Lipinski definition) is 4. The lowest BCUT2D eigenvalue weighted by Gasteiger charge is -2.32. The van der Waals surface area contributed by atoms with Gasteiger partial charge in [-0.1, -0.05) is 0 Å². The van der Waals surface area contributed by atoms with Crippen LogP contribution in [0.25, 0.3) is 0 Å². The van der Waals surface area contributed by atoms with Crippen molar-refractivity contribution in [1.29, 1.82) is 0 Å². The average molecular weight is 234 g/mol. The molecule has 1 aliphatic rings. The fourth-order valence-corrected chi connectivity index (χ4v) is 2.86. The van der Waals surface area contributed by atoms with Crippen molar-refractivity contribution in [3.63, 3.8) is 0 Å². The van der Waals surface area contributed by atoms with E-state index in [2.05, 4.69) is 0 Å². The van der Waals surface area contributed by atoms with Crippen LogP contribution in [0.2, 0.25) is 0 Å². The molecule has 0 aliphatic carbocycles. The van der Waals surface area contributed by atoms with E-state index in [9.17, 15) is 18.0 Å². The highest BCUT2D eigenvalue weighted by molar-refractivity contribution is 7.89. The summed E-state index contributed by atoms with van der Waals surface area (Å²) in [6.45, 7) is 0. The fraction of sp³-hybridized carbons (Fsp3) is 0.571. The molecule has 8 heteroatoms. The lowest BCUT2D eigenvalue weighted by Crippen LogP contribution is -2.53. The van der Waals surface area contributed by atoms with Crippen molar-refractivity contribution in [1.82, 2.24) is 4.31 Å². The van der Waals surface area contributed by atoms with Crippen LogP contribution in [0, 0.1) is 5.92 Å². The summed E-state index contributed by atoms with van der Waals surface area (Å²) in [5, 5.41) is 0. The third kappa shape index (κ3) is 2.26. The topological polar surface area (TPSA) is 124 Å². The number of amides is 2. The van der Waals surface area contributed by atoms with Crippen LogP contribution < -0.4 is 11.5 Å². The maximum atomic E-state index is 11.5. The molecule has 7 nitrogen and oxygen atoms in total. The predicted molar refractivity (Wildman–Crippen MR) is 51.6 cm³/mol. The molecule has 1 aliphatic heterocycles. The van der Waals surface area contributed by atoms with Gasteiger partial charge in [0.05, 0.1) is 11.7 Å². The molecule has 1 rings (SSSR count). The fourth-order valence-electron chi connectivity index (χ4n) is 1.39. The van der Waals surface area contributed by atoms with E-state index < -0.39 is 33.6 Å². The second kappa shape index (κ2) is 3.78. The number of sulfonamides is 1. The van der Waals surface area contributed by atoms with Crippen molar-refractivity contribution in [3.8, 4) is 0 Å². The smallest absolute Gasteiger partial charge is 0.235 e. The SMILES string of the molecule is CN1C(C(N)=O)C[C](C(N)=O)CS1(=O)=O. The molecule has 4 N–H and O–H groups in total. The Labute approximate surface area is 87.4 Å². The summed E-state index contributed by atoms with van der Waals surface area (Å²) in [5.41, 5.74) is 10.0. The number of rotatable bonds is 2. The van der Waals surface area contributed by atoms with Gasteiger partial charge in [0.2, 0.25) is 21.8 Å². The Morgan fingerprint density at radius 1 is 1.40 bits per heavy atom. The quantitative estimate of drug-likeness (QED) is 0.551. The number of carbonyl (C=O) groups is 2. The van der Waals surface area contributed by atoms with Crippen molar-refractivity contribution >= 4 is 21.8 Å². The summed E-state index contributed by atoms with van der Waals surface area (Å²) in [7, 11) is -2.40. The van der Waals surface area contributed by atoms with Crippen LogP contribution >= 0.6 is 0 Å². The molecule has 1 saturated heterocycles. The van der Waals surface area contributed by atoms with Gasteiger partial charge in [-0.3, -0.25) is 9.59 Å². The van der Waals surface area contributed by atoms with E-state index in [-0.39, 0.29) is 12.3 Å². The number of likely N-dealkylation sites (N-methyl/N-ethyl adjacent to an activating group) is 1. The first-order chi connectivity index (χ1) is 6.75. The van der Waals surface area contributed by atoms with Gasteiger partial charge >= 0.3 is 0 Å². The van der Waals surface area contributed by atoms with Crippen LogP contribution in [0.4, 0.5) is 0 Å². The Hall–Kier alpha value is -1.15. The maximum Gasteiger partial charge on any atom is 0.235 e. The molecular formula is C7H12N3O4S. The van der Waals surface area contributed by atoms with Gasteiger partial charge < -0.3 is 11.5 Å². The van der Waals surface area contributed by atoms with Gasteiger partial charge in [-0.2, -0.15) is 4.31 Å². The van der Waals surface area contributed by atoms with E-state index in [1.54, 1.807) is 0 Å². The van der Waals surface area contributed by atoms with Crippen molar-refractivity contribution in [3.05, 3.63) is 5.92 Å². The van der Waals surface area contributed by atoms with Crippen molar-refractivity contribution in [2.45, 2.75) is 12.5 Å². The van der Waals surface area contributed by atoms with Gasteiger partial charge in [-0.25, -0.2) is 8.42 Å². The highest BCUT2D eigenvalue weighted by Crippen LogP contribution is 2.24. The van der Waals surface area contributed by atoms with E-state index in [4.69, 9.17) is 11.5 Å². The van der Waals surface area contributed by atoms with E-state index in [1.165, 1.54) is 7.05 Å². The molecule has 1 heterocycles. The molecule has 0 aromatic heterocycles. The summed E-state index contributed by atoms with van der Waals surface area (Å²) in [6.07, 6.45) is -0.0274. The first-order valence-corrected chi connectivity index (χ1v) is 5.76. The molecule has 1 unspecified atom stereocenters. The molecular weight excluding hydrogens is 222 g/mol. The lowest BCUT2D eigenvalue weighted by atomic mass is 10.0. The lowest BCUT2D eigenvalue weighted by molar-refractivity contribution is -0.122. The van der Waals surface area contributed by atoms with Gasteiger partial charge in [-0.15, -0.1) is 0 Å². The number of primary amides is 2. The van der Waals surface area contributed by atoms with Gasteiger partial charge in [-0.05, 0) is 6.42 Å². The first kappa shape index (κ1) is 11.9. The normalized spacial score (nSPS) is 27.4. The third-order valence-corrected chi connectivity index (χ3v) is 4.20. The molecule has 0 aromatic carbocycles. The molecule has 0 aromatic rings. The first-order valence-electron chi connectivity index (χ1n) is 4.15. The molecule has 0 bridgehead atoms. The Balaban J connectivity index is 3.02. The minimum atomic E-state index is -3.66. The number of carbonyl (C=O) groups excluding carboxylic acids is 2. The van der Waals surface area contributed by atoms with Crippen molar-refractivity contribution in [2.24, 2.45) is 11.5 Å². The monoisotopic (exact) mass is 234 g/mol. The van der Waals surface area contributed by atoms with E-state index in [1.807, 2.05) is 0 Å². The molecule has 15 heavy (non-hydrogen) atoms. The minimum Gasteiger partial charge on any atom is -0.369 e.